The normalized spacial score (nSPS) is 36.1. The number of ether oxygens (including phenoxy) is 2. The molecule has 3 atom stereocenters. The van der Waals surface area contributed by atoms with Gasteiger partial charge in [-0.25, -0.2) is 4.79 Å². The number of aliphatic hydroxyl groups is 1. The van der Waals surface area contributed by atoms with Crippen LogP contribution in [-0.4, -0.2) is 36.5 Å². The number of aliphatic hydroxyl groups excluding tert-OH is 1. The van der Waals surface area contributed by atoms with Crippen LogP contribution in [0.2, 0.25) is 0 Å². The van der Waals surface area contributed by atoms with Crippen molar-refractivity contribution in [3.05, 3.63) is 0 Å². The van der Waals surface area contributed by atoms with Gasteiger partial charge in [0.25, 0.3) is 0 Å². The molecule has 12 heavy (non-hydrogen) atoms. The number of carbonyl (C=O) groups excluding carboxylic acids is 1. The van der Waals surface area contributed by atoms with Crippen molar-refractivity contribution in [3.8, 4) is 0 Å². The van der Waals surface area contributed by atoms with Crippen LogP contribution in [0.3, 0.4) is 0 Å². The summed E-state index contributed by atoms with van der Waals surface area (Å²) in [7, 11) is 1.32. The molecule has 0 aliphatic carbocycles. The third-order valence-corrected chi connectivity index (χ3v) is 1.95. The average molecular weight is 174 g/mol. The van der Waals surface area contributed by atoms with E-state index in [9.17, 15) is 9.90 Å². The SMILES string of the molecule is COC(=O)C1CC(O)CC(C)O1. The Hall–Kier alpha value is -0.610. The molecular weight excluding hydrogens is 160 g/mol. The van der Waals surface area contributed by atoms with Gasteiger partial charge in [0.15, 0.2) is 6.10 Å². The lowest BCUT2D eigenvalue weighted by molar-refractivity contribution is -0.167. The monoisotopic (exact) mass is 174 g/mol. The van der Waals surface area contributed by atoms with Gasteiger partial charge in [0.2, 0.25) is 0 Å². The standard InChI is InChI=1S/C8H14O4/c1-5-3-6(9)4-7(12-5)8(10)11-2/h5-7,9H,3-4H2,1-2H3. The number of esters is 1. The van der Waals surface area contributed by atoms with Crippen LogP contribution in [0.4, 0.5) is 0 Å². The van der Waals surface area contributed by atoms with Crippen LogP contribution in [0.1, 0.15) is 19.8 Å². The Labute approximate surface area is 71.5 Å². The topological polar surface area (TPSA) is 55.8 Å². The molecule has 0 aromatic heterocycles. The van der Waals surface area contributed by atoms with Crippen LogP contribution in [-0.2, 0) is 14.3 Å². The van der Waals surface area contributed by atoms with E-state index in [0.717, 1.165) is 0 Å². The summed E-state index contributed by atoms with van der Waals surface area (Å²) < 4.78 is 9.79. The molecule has 1 saturated heterocycles. The van der Waals surface area contributed by atoms with E-state index in [4.69, 9.17) is 4.74 Å². The molecule has 1 aliphatic rings. The van der Waals surface area contributed by atoms with Gasteiger partial charge in [-0.3, -0.25) is 0 Å². The minimum Gasteiger partial charge on any atom is -0.467 e. The number of carbonyl (C=O) groups is 1. The van der Waals surface area contributed by atoms with Gasteiger partial charge in [-0.15, -0.1) is 0 Å². The van der Waals surface area contributed by atoms with E-state index in [0.29, 0.717) is 12.8 Å². The summed E-state index contributed by atoms with van der Waals surface area (Å²) in [5.74, 6) is -0.402. The molecule has 70 valence electrons. The Bertz CT molecular complexity index is 158. The molecule has 0 saturated carbocycles. The van der Waals surface area contributed by atoms with Crippen molar-refractivity contribution in [1.82, 2.24) is 0 Å². The van der Waals surface area contributed by atoms with Crippen molar-refractivity contribution in [3.63, 3.8) is 0 Å². The zero-order valence-electron chi connectivity index (χ0n) is 7.32. The van der Waals surface area contributed by atoms with Gasteiger partial charge in [-0.2, -0.15) is 0 Å². The summed E-state index contributed by atoms with van der Waals surface area (Å²) in [5, 5.41) is 9.31. The highest BCUT2D eigenvalue weighted by molar-refractivity contribution is 5.74. The van der Waals surface area contributed by atoms with Gasteiger partial charge in [0.1, 0.15) is 0 Å². The molecule has 1 N–H and O–H groups in total. The highest BCUT2D eigenvalue weighted by atomic mass is 16.6. The Morgan fingerprint density at radius 1 is 1.58 bits per heavy atom. The smallest absolute Gasteiger partial charge is 0.335 e. The quantitative estimate of drug-likeness (QED) is 0.572. The summed E-state index contributed by atoms with van der Waals surface area (Å²) >= 11 is 0. The Balaban J connectivity index is 2.49. The minimum absolute atomic E-state index is 0.0714. The van der Waals surface area contributed by atoms with Crippen molar-refractivity contribution in [2.45, 2.75) is 38.1 Å². The molecule has 0 bridgehead atoms. The first-order valence-electron chi connectivity index (χ1n) is 4.05. The third kappa shape index (κ3) is 2.19. The number of hydrogen-bond donors (Lipinski definition) is 1. The molecule has 1 heterocycles. The first-order valence-corrected chi connectivity index (χ1v) is 4.05. The number of hydrogen-bond acceptors (Lipinski definition) is 4. The van der Waals surface area contributed by atoms with E-state index in [1.165, 1.54) is 7.11 Å². The van der Waals surface area contributed by atoms with Crippen LogP contribution < -0.4 is 0 Å². The van der Waals surface area contributed by atoms with Gasteiger partial charge >= 0.3 is 5.97 Å². The lowest BCUT2D eigenvalue weighted by Gasteiger charge is -2.29. The fourth-order valence-electron chi connectivity index (χ4n) is 1.40. The third-order valence-electron chi connectivity index (χ3n) is 1.95. The average Bonchev–Trinajstić information content (AvgIpc) is 2.01. The Kier molecular flexibility index (Phi) is 3.05. The van der Waals surface area contributed by atoms with Gasteiger partial charge in [0.05, 0.1) is 19.3 Å². The maximum atomic E-state index is 11.0. The van der Waals surface area contributed by atoms with Crippen molar-refractivity contribution in [2.24, 2.45) is 0 Å². The Morgan fingerprint density at radius 2 is 2.25 bits per heavy atom. The van der Waals surface area contributed by atoms with Crippen molar-refractivity contribution in [2.75, 3.05) is 7.11 Å². The molecule has 1 aliphatic heterocycles. The van der Waals surface area contributed by atoms with Crippen LogP contribution in [0.25, 0.3) is 0 Å². The zero-order valence-corrected chi connectivity index (χ0v) is 7.32. The largest absolute Gasteiger partial charge is 0.467 e. The van der Waals surface area contributed by atoms with Crippen molar-refractivity contribution in [1.29, 1.82) is 0 Å². The number of rotatable bonds is 1. The first kappa shape index (κ1) is 9.48. The first-order chi connectivity index (χ1) is 5.63. The number of methoxy groups -OCH3 is 1. The zero-order chi connectivity index (χ0) is 9.14. The van der Waals surface area contributed by atoms with E-state index in [1.54, 1.807) is 0 Å². The predicted octanol–water partition coefficient (Wildman–Crippen LogP) is 0.0878. The van der Waals surface area contributed by atoms with Gasteiger partial charge in [-0.1, -0.05) is 0 Å². The van der Waals surface area contributed by atoms with E-state index in [1.807, 2.05) is 6.92 Å². The lowest BCUT2D eigenvalue weighted by Crippen LogP contribution is -2.39. The Morgan fingerprint density at radius 3 is 2.75 bits per heavy atom. The summed E-state index contributed by atoms with van der Waals surface area (Å²) in [6.45, 7) is 1.83. The minimum atomic E-state index is -0.589. The van der Waals surface area contributed by atoms with Gasteiger partial charge in [0, 0.05) is 6.42 Å². The van der Waals surface area contributed by atoms with Gasteiger partial charge in [-0.05, 0) is 13.3 Å². The van der Waals surface area contributed by atoms with Crippen LogP contribution in [0, 0.1) is 0 Å². The molecule has 4 nitrogen and oxygen atoms in total. The van der Waals surface area contributed by atoms with E-state index < -0.39 is 18.2 Å². The molecule has 0 radical (unpaired) electrons. The second-order valence-corrected chi connectivity index (χ2v) is 3.08. The van der Waals surface area contributed by atoms with Crippen LogP contribution >= 0.6 is 0 Å². The summed E-state index contributed by atoms with van der Waals surface area (Å²) in [6.07, 6.45) is -0.172. The highest BCUT2D eigenvalue weighted by Gasteiger charge is 2.31. The molecule has 1 rings (SSSR count). The van der Waals surface area contributed by atoms with E-state index in [-0.39, 0.29) is 6.10 Å². The van der Waals surface area contributed by atoms with Gasteiger partial charge < -0.3 is 14.6 Å². The second-order valence-electron chi connectivity index (χ2n) is 3.08. The predicted molar refractivity (Wildman–Crippen MR) is 41.6 cm³/mol. The molecule has 4 heteroatoms. The molecule has 0 aromatic carbocycles. The maximum Gasteiger partial charge on any atom is 0.335 e. The summed E-state index contributed by atoms with van der Waals surface area (Å²) in [6, 6.07) is 0. The highest BCUT2D eigenvalue weighted by Crippen LogP contribution is 2.19. The second kappa shape index (κ2) is 3.87. The van der Waals surface area contributed by atoms with Crippen LogP contribution in [0.15, 0.2) is 0 Å². The molecule has 1 fully saturated rings. The molecule has 0 amide bonds. The molecule has 0 spiro atoms. The van der Waals surface area contributed by atoms with Crippen LogP contribution in [0.5, 0.6) is 0 Å². The van der Waals surface area contributed by atoms with Crippen molar-refractivity contribution < 1.29 is 19.4 Å². The summed E-state index contributed by atoms with van der Waals surface area (Å²) in [4.78, 5) is 11.0. The maximum absolute atomic E-state index is 11.0. The fourth-order valence-corrected chi connectivity index (χ4v) is 1.40. The summed E-state index contributed by atoms with van der Waals surface area (Å²) in [5.41, 5.74) is 0. The van der Waals surface area contributed by atoms with E-state index in [2.05, 4.69) is 4.74 Å². The lowest BCUT2D eigenvalue weighted by atomic mass is 10.0. The molecular formula is C8H14O4. The molecule has 3 unspecified atom stereocenters. The molecule has 0 aromatic rings. The van der Waals surface area contributed by atoms with Crippen molar-refractivity contribution >= 4 is 5.97 Å². The van der Waals surface area contributed by atoms with E-state index >= 15 is 0 Å². The fraction of sp³-hybridized carbons (Fsp3) is 0.875.